The molecule has 102 valence electrons. The smallest absolute Gasteiger partial charge is 0.0443 e. The quantitative estimate of drug-likeness (QED) is 0.622. The second-order valence-electron chi connectivity index (χ2n) is 5.50. The molecule has 0 spiro atoms. The number of aliphatic hydroxyl groups excluding tert-OH is 1. The van der Waals surface area contributed by atoms with E-state index in [-0.39, 0.29) is 0 Å². The lowest BCUT2D eigenvalue weighted by atomic mass is 9.81. The van der Waals surface area contributed by atoms with Crippen LogP contribution < -0.4 is 0 Å². The van der Waals surface area contributed by atoms with Crippen LogP contribution in [0.4, 0.5) is 0 Å². The Kier molecular flexibility index (Phi) is 6.90. The molecule has 3 heteroatoms. The third-order valence-corrected chi connectivity index (χ3v) is 5.24. The van der Waals surface area contributed by atoms with Crippen LogP contribution >= 0.6 is 12.6 Å². The average Bonchev–Trinajstić information content (AvgIpc) is 2.30. The summed E-state index contributed by atoms with van der Waals surface area (Å²) in [5.74, 6) is 0.975. The van der Waals surface area contributed by atoms with E-state index in [4.69, 9.17) is 5.11 Å². The maximum atomic E-state index is 9.02. The van der Waals surface area contributed by atoms with E-state index in [1.807, 2.05) is 0 Å². The first kappa shape index (κ1) is 15.3. The van der Waals surface area contributed by atoms with Crippen LogP contribution in [0.15, 0.2) is 0 Å². The molecule has 0 aromatic rings. The van der Waals surface area contributed by atoms with Gasteiger partial charge < -0.3 is 5.11 Å². The number of nitrogens with zero attached hydrogens (tertiary/aromatic N) is 1. The molecule has 0 aromatic carbocycles. The topological polar surface area (TPSA) is 23.5 Å². The van der Waals surface area contributed by atoms with Gasteiger partial charge in [-0.15, -0.1) is 0 Å². The standard InChI is InChI=1S/C14H29NOS/c1-3-14(4-2,12-17)11-15(9-6-10-16)13-7-5-8-13/h13,16-17H,3-12H2,1-2H3. The van der Waals surface area contributed by atoms with E-state index >= 15 is 0 Å². The van der Waals surface area contributed by atoms with Gasteiger partial charge in [0, 0.05) is 25.7 Å². The monoisotopic (exact) mass is 259 g/mol. The molecule has 1 fully saturated rings. The zero-order chi connectivity index (χ0) is 12.7. The highest BCUT2D eigenvalue weighted by Gasteiger charge is 2.32. The highest BCUT2D eigenvalue weighted by Crippen LogP contribution is 2.33. The van der Waals surface area contributed by atoms with E-state index in [1.165, 1.54) is 32.1 Å². The Morgan fingerprint density at radius 1 is 1.29 bits per heavy atom. The summed E-state index contributed by atoms with van der Waals surface area (Å²) in [6.45, 7) is 7.09. The number of rotatable bonds is 9. The number of hydrogen-bond donors (Lipinski definition) is 2. The summed E-state index contributed by atoms with van der Waals surface area (Å²) in [6.07, 6.45) is 7.40. The molecular formula is C14H29NOS. The van der Waals surface area contributed by atoms with Crippen molar-refractivity contribution >= 4 is 12.6 Å². The molecule has 0 aliphatic heterocycles. The van der Waals surface area contributed by atoms with Crippen molar-refractivity contribution in [2.45, 2.75) is 58.4 Å². The van der Waals surface area contributed by atoms with E-state index in [0.29, 0.717) is 12.0 Å². The predicted octanol–water partition coefficient (Wildman–Crippen LogP) is 2.96. The van der Waals surface area contributed by atoms with Gasteiger partial charge in [0.05, 0.1) is 0 Å². The lowest BCUT2D eigenvalue weighted by Gasteiger charge is -2.43. The molecule has 1 aliphatic carbocycles. The van der Waals surface area contributed by atoms with Crippen molar-refractivity contribution in [2.75, 3.05) is 25.4 Å². The summed E-state index contributed by atoms with van der Waals surface area (Å²) in [7, 11) is 0. The Hall–Kier alpha value is 0.270. The molecule has 0 aromatic heterocycles. The molecule has 0 radical (unpaired) electrons. The van der Waals surface area contributed by atoms with Gasteiger partial charge in [0.1, 0.15) is 0 Å². The number of aliphatic hydroxyl groups is 1. The lowest BCUT2D eigenvalue weighted by Crippen LogP contribution is -2.47. The van der Waals surface area contributed by atoms with E-state index in [9.17, 15) is 0 Å². The zero-order valence-corrected chi connectivity index (χ0v) is 12.4. The van der Waals surface area contributed by atoms with Gasteiger partial charge in [0.25, 0.3) is 0 Å². The van der Waals surface area contributed by atoms with Crippen molar-refractivity contribution in [3.8, 4) is 0 Å². The van der Waals surface area contributed by atoms with Gasteiger partial charge in [0.15, 0.2) is 0 Å². The summed E-state index contributed by atoms with van der Waals surface area (Å²) in [5, 5.41) is 9.02. The predicted molar refractivity (Wildman–Crippen MR) is 77.8 cm³/mol. The fourth-order valence-corrected chi connectivity index (χ4v) is 3.14. The van der Waals surface area contributed by atoms with E-state index in [1.54, 1.807) is 0 Å². The summed E-state index contributed by atoms with van der Waals surface area (Å²) in [6, 6.07) is 0.777. The molecule has 1 aliphatic rings. The minimum Gasteiger partial charge on any atom is -0.396 e. The molecule has 0 atom stereocenters. The summed E-state index contributed by atoms with van der Waals surface area (Å²) < 4.78 is 0. The summed E-state index contributed by atoms with van der Waals surface area (Å²) in [4.78, 5) is 2.61. The second kappa shape index (κ2) is 7.65. The molecule has 0 amide bonds. The lowest BCUT2D eigenvalue weighted by molar-refractivity contribution is 0.0672. The molecule has 1 rings (SSSR count). The normalized spacial score (nSPS) is 17.5. The first-order valence-electron chi connectivity index (χ1n) is 7.17. The van der Waals surface area contributed by atoms with Gasteiger partial charge in [-0.1, -0.05) is 20.3 Å². The largest absolute Gasteiger partial charge is 0.396 e. The third kappa shape index (κ3) is 4.15. The Balaban J connectivity index is 2.55. The minimum atomic E-state index is 0.315. The third-order valence-electron chi connectivity index (χ3n) is 4.57. The van der Waals surface area contributed by atoms with E-state index in [2.05, 4.69) is 31.4 Å². The van der Waals surface area contributed by atoms with E-state index in [0.717, 1.165) is 31.3 Å². The van der Waals surface area contributed by atoms with Crippen molar-refractivity contribution in [2.24, 2.45) is 5.41 Å². The highest BCUT2D eigenvalue weighted by molar-refractivity contribution is 7.80. The number of thiol groups is 1. The maximum absolute atomic E-state index is 9.02. The maximum Gasteiger partial charge on any atom is 0.0443 e. The van der Waals surface area contributed by atoms with Gasteiger partial charge in [0.2, 0.25) is 0 Å². The van der Waals surface area contributed by atoms with Gasteiger partial charge in [-0.25, -0.2) is 0 Å². The molecule has 0 heterocycles. The fraction of sp³-hybridized carbons (Fsp3) is 1.00. The SMILES string of the molecule is CCC(CC)(CS)CN(CCCO)C1CCC1. The molecule has 2 nitrogen and oxygen atoms in total. The summed E-state index contributed by atoms with van der Waals surface area (Å²) in [5.41, 5.74) is 0.369. The Morgan fingerprint density at radius 3 is 2.29 bits per heavy atom. The van der Waals surface area contributed by atoms with Gasteiger partial charge in [-0.05, 0) is 43.3 Å². The van der Waals surface area contributed by atoms with Crippen molar-refractivity contribution in [1.29, 1.82) is 0 Å². The molecule has 0 unspecified atom stereocenters. The molecular weight excluding hydrogens is 230 g/mol. The Morgan fingerprint density at radius 2 is 1.94 bits per heavy atom. The highest BCUT2D eigenvalue weighted by atomic mass is 32.1. The van der Waals surface area contributed by atoms with Crippen molar-refractivity contribution < 1.29 is 5.11 Å². The van der Waals surface area contributed by atoms with Crippen LogP contribution in [0.2, 0.25) is 0 Å². The number of hydrogen-bond acceptors (Lipinski definition) is 3. The minimum absolute atomic E-state index is 0.315. The zero-order valence-electron chi connectivity index (χ0n) is 11.5. The first-order chi connectivity index (χ1) is 8.21. The molecule has 17 heavy (non-hydrogen) atoms. The van der Waals surface area contributed by atoms with Crippen LogP contribution in [-0.4, -0.2) is 41.5 Å². The van der Waals surface area contributed by atoms with Crippen molar-refractivity contribution in [3.63, 3.8) is 0 Å². The Labute approximate surface area is 112 Å². The second-order valence-corrected chi connectivity index (χ2v) is 5.81. The first-order valence-corrected chi connectivity index (χ1v) is 7.80. The van der Waals surface area contributed by atoms with Gasteiger partial charge in [-0.2, -0.15) is 12.6 Å². The summed E-state index contributed by atoms with van der Waals surface area (Å²) >= 11 is 4.57. The molecule has 1 saturated carbocycles. The van der Waals surface area contributed by atoms with Crippen LogP contribution in [0.3, 0.4) is 0 Å². The molecule has 1 N–H and O–H groups in total. The van der Waals surface area contributed by atoms with Crippen LogP contribution in [0.1, 0.15) is 52.4 Å². The van der Waals surface area contributed by atoms with Gasteiger partial charge in [-0.3, -0.25) is 4.90 Å². The van der Waals surface area contributed by atoms with Crippen LogP contribution in [0.5, 0.6) is 0 Å². The van der Waals surface area contributed by atoms with Gasteiger partial charge >= 0.3 is 0 Å². The van der Waals surface area contributed by atoms with Crippen LogP contribution in [0, 0.1) is 5.41 Å². The van der Waals surface area contributed by atoms with Crippen molar-refractivity contribution in [1.82, 2.24) is 4.90 Å². The average molecular weight is 259 g/mol. The van der Waals surface area contributed by atoms with Crippen LogP contribution in [0.25, 0.3) is 0 Å². The molecule has 0 saturated heterocycles. The fourth-order valence-electron chi connectivity index (χ4n) is 2.59. The van der Waals surface area contributed by atoms with E-state index < -0.39 is 0 Å². The van der Waals surface area contributed by atoms with Crippen LogP contribution in [-0.2, 0) is 0 Å². The van der Waals surface area contributed by atoms with Crippen molar-refractivity contribution in [3.05, 3.63) is 0 Å². The molecule has 0 bridgehead atoms. The Bertz CT molecular complexity index is 194.